The van der Waals surface area contributed by atoms with Crippen LogP contribution in [0, 0.1) is 0 Å². The molecule has 6 rings (SSSR count). The molecule has 3 amide bonds. The minimum Gasteiger partial charge on any atom is -0.448 e. The van der Waals surface area contributed by atoms with Crippen molar-refractivity contribution in [3.8, 4) is 0 Å². The first-order valence-electron chi connectivity index (χ1n) is 12.0. The number of hydrogen-bond acceptors (Lipinski definition) is 6. The van der Waals surface area contributed by atoms with Crippen LogP contribution in [0.3, 0.4) is 0 Å². The lowest BCUT2D eigenvalue weighted by Crippen LogP contribution is -2.71. The number of β-lactam (4-membered cyclic amide) rings is 1. The third-order valence-corrected chi connectivity index (χ3v) is 8.91. The zero-order chi connectivity index (χ0) is 26.4. The summed E-state index contributed by atoms with van der Waals surface area (Å²) in [4.78, 5) is 55.8. The van der Waals surface area contributed by atoms with Crippen molar-refractivity contribution in [1.29, 1.82) is 0 Å². The van der Waals surface area contributed by atoms with Crippen molar-refractivity contribution in [3.05, 3.63) is 118 Å². The Morgan fingerprint density at radius 3 is 1.89 bits per heavy atom. The Hall–Kier alpha value is -3.69. The fourth-order valence-corrected chi connectivity index (χ4v) is 7.18. The number of amides is 3. The number of alkyl halides is 1. The molecule has 0 spiro atoms. The predicted octanol–water partition coefficient (Wildman–Crippen LogP) is 4.55. The topological polar surface area (TPSA) is 84.0 Å². The Morgan fingerprint density at radius 1 is 0.842 bits per heavy atom. The molecule has 0 radical (unpaired) electrons. The van der Waals surface area contributed by atoms with Gasteiger partial charge in [0, 0.05) is 11.1 Å². The van der Waals surface area contributed by atoms with Crippen molar-refractivity contribution in [2.45, 2.75) is 17.5 Å². The number of esters is 1. The number of fused-ring (bicyclic) bond motifs is 2. The van der Waals surface area contributed by atoms with Crippen molar-refractivity contribution >= 4 is 51.4 Å². The number of ether oxygens (including phenoxy) is 1. The van der Waals surface area contributed by atoms with Crippen molar-refractivity contribution in [1.82, 2.24) is 9.80 Å². The number of benzene rings is 3. The van der Waals surface area contributed by atoms with Crippen LogP contribution in [0.25, 0.3) is 0 Å². The second kappa shape index (κ2) is 9.89. The zero-order valence-electron chi connectivity index (χ0n) is 20.0. The van der Waals surface area contributed by atoms with Gasteiger partial charge in [-0.15, -0.1) is 11.8 Å². The van der Waals surface area contributed by atoms with E-state index in [2.05, 4.69) is 15.9 Å². The third-order valence-electron chi connectivity index (χ3n) is 6.91. The Labute approximate surface area is 231 Å². The summed E-state index contributed by atoms with van der Waals surface area (Å²) in [5, 5.41) is -0.193. The van der Waals surface area contributed by atoms with Crippen LogP contribution >= 0.6 is 27.7 Å². The minimum atomic E-state index is -0.980. The Morgan fingerprint density at radius 2 is 1.37 bits per heavy atom. The number of thioether (sulfide) groups is 1. The average molecular weight is 589 g/mol. The SMILES string of the molecule is O=C(OC(c1ccccc1)c1ccccc1)C1=C(CBr)CS[C@H]2C(N3C(=O)c4ccccc4C3=O)C(=O)N12. The van der Waals surface area contributed by atoms with E-state index in [1.54, 1.807) is 24.3 Å². The molecule has 3 aromatic carbocycles. The van der Waals surface area contributed by atoms with Crippen LogP contribution in [0.15, 0.2) is 96.2 Å². The second-order valence-corrected chi connectivity index (χ2v) is 10.7. The van der Waals surface area contributed by atoms with Gasteiger partial charge in [-0.1, -0.05) is 88.7 Å². The predicted molar refractivity (Wildman–Crippen MR) is 145 cm³/mol. The fraction of sp³-hybridized carbons (Fsp3) is 0.172. The molecule has 0 bridgehead atoms. The van der Waals surface area contributed by atoms with E-state index in [9.17, 15) is 19.2 Å². The van der Waals surface area contributed by atoms with Gasteiger partial charge < -0.3 is 4.74 Å². The molecule has 0 N–H and O–H groups in total. The van der Waals surface area contributed by atoms with Gasteiger partial charge >= 0.3 is 5.97 Å². The maximum absolute atomic E-state index is 13.7. The fourth-order valence-electron chi connectivity index (χ4n) is 5.07. The first kappa shape index (κ1) is 24.6. The number of carbonyl (C=O) groups is 4. The van der Waals surface area contributed by atoms with Gasteiger partial charge in [-0.3, -0.25) is 24.2 Å². The summed E-state index contributed by atoms with van der Waals surface area (Å²) in [5.41, 5.74) is 3.05. The van der Waals surface area contributed by atoms with Crippen LogP contribution in [-0.4, -0.2) is 56.0 Å². The van der Waals surface area contributed by atoms with Gasteiger partial charge in [0.1, 0.15) is 17.1 Å². The van der Waals surface area contributed by atoms with Crippen LogP contribution in [-0.2, 0) is 14.3 Å². The molecule has 3 aromatic rings. The molecule has 9 heteroatoms. The van der Waals surface area contributed by atoms with Crippen molar-refractivity contribution in [3.63, 3.8) is 0 Å². The lowest BCUT2D eigenvalue weighted by atomic mass is 10.00. The zero-order valence-corrected chi connectivity index (χ0v) is 22.4. The van der Waals surface area contributed by atoms with Crippen LogP contribution < -0.4 is 0 Å². The molecule has 3 heterocycles. The molecule has 38 heavy (non-hydrogen) atoms. The van der Waals surface area contributed by atoms with E-state index in [1.807, 2.05) is 60.7 Å². The number of halogens is 1. The summed E-state index contributed by atoms with van der Waals surface area (Å²) in [6.45, 7) is 0. The average Bonchev–Trinajstić information content (AvgIpc) is 3.21. The molecular weight excluding hydrogens is 568 g/mol. The minimum absolute atomic E-state index is 0.167. The first-order valence-corrected chi connectivity index (χ1v) is 14.2. The van der Waals surface area contributed by atoms with E-state index in [1.165, 1.54) is 16.7 Å². The van der Waals surface area contributed by atoms with E-state index in [0.717, 1.165) is 16.0 Å². The first-order chi connectivity index (χ1) is 18.5. The molecule has 1 unspecified atom stereocenters. The van der Waals surface area contributed by atoms with Crippen LogP contribution in [0.1, 0.15) is 37.9 Å². The van der Waals surface area contributed by atoms with Crippen LogP contribution in [0.5, 0.6) is 0 Å². The van der Waals surface area contributed by atoms with Gasteiger partial charge in [0.15, 0.2) is 6.10 Å². The lowest BCUT2D eigenvalue weighted by molar-refractivity contribution is -0.155. The van der Waals surface area contributed by atoms with E-state index in [4.69, 9.17) is 4.74 Å². The molecule has 3 aliphatic heterocycles. The van der Waals surface area contributed by atoms with Crippen molar-refractivity contribution in [2.75, 3.05) is 11.1 Å². The smallest absolute Gasteiger partial charge is 0.356 e. The Balaban J connectivity index is 1.30. The Bertz CT molecular complexity index is 1420. The van der Waals surface area contributed by atoms with Gasteiger partial charge in [0.05, 0.1) is 11.1 Å². The molecule has 190 valence electrons. The van der Waals surface area contributed by atoms with Crippen LogP contribution in [0.2, 0.25) is 0 Å². The summed E-state index contributed by atoms with van der Waals surface area (Å²) in [5.74, 6) is -1.63. The number of nitrogens with zero attached hydrogens (tertiary/aromatic N) is 2. The summed E-state index contributed by atoms with van der Waals surface area (Å²) in [6.07, 6.45) is -0.676. The third kappa shape index (κ3) is 3.88. The number of carbonyl (C=O) groups excluding carboxylic acids is 4. The van der Waals surface area contributed by atoms with Crippen molar-refractivity contribution < 1.29 is 23.9 Å². The molecule has 1 fully saturated rings. The highest BCUT2D eigenvalue weighted by Gasteiger charge is 2.60. The number of hydrogen-bond donors (Lipinski definition) is 0. The highest BCUT2D eigenvalue weighted by atomic mass is 79.9. The van der Waals surface area contributed by atoms with E-state index in [-0.39, 0.29) is 16.8 Å². The van der Waals surface area contributed by atoms with Gasteiger partial charge in [-0.2, -0.15) is 0 Å². The molecule has 2 atom stereocenters. The lowest BCUT2D eigenvalue weighted by Gasteiger charge is -2.51. The van der Waals surface area contributed by atoms with Crippen LogP contribution in [0.4, 0.5) is 0 Å². The summed E-state index contributed by atoms with van der Waals surface area (Å²) in [6, 6.07) is 24.4. The molecule has 0 aliphatic carbocycles. The van der Waals surface area contributed by atoms with Crippen molar-refractivity contribution in [2.24, 2.45) is 0 Å². The van der Waals surface area contributed by atoms with Gasteiger partial charge in [0.25, 0.3) is 17.7 Å². The largest absolute Gasteiger partial charge is 0.448 e. The molecule has 1 saturated heterocycles. The summed E-state index contributed by atoms with van der Waals surface area (Å²) < 4.78 is 6.08. The number of rotatable bonds is 6. The van der Waals surface area contributed by atoms with Gasteiger partial charge in [-0.05, 0) is 28.8 Å². The van der Waals surface area contributed by atoms with Gasteiger partial charge in [-0.25, -0.2) is 4.79 Å². The molecule has 0 aromatic heterocycles. The van der Waals surface area contributed by atoms with E-state index in [0.29, 0.717) is 16.7 Å². The molecule has 7 nitrogen and oxygen atoms in total. The molecule has 3 aliphatic rings. The monoisotopic (exact) mass is 588 g/mol. The second-order valence-electron chi connectivity index (χ2n) is 9.07. The van der Waals surface area contributed by atoms with E-state index < -0.39 is 41.2 Å². The summed E-state index contributed by atoms with van der Waals surface area (Å²) >= 11 is 4.87. The Kier molecular flexibility index (Phi) is 6.41. The standard InChI is InChI=1S/C29H21BrN2O5S/c30-15-19-16-38-28-23(31-25(33)20-13-7-8-14-21(20)26(31)34)27(35)32(28)22(19)29(36)37-24(17-9-3-1-4-10-17)18-11-5-2-6-12-18/h1-14,23-24,28H,15-16H2/t23?,28-/m0/s1. The summed E-state index contributed by atoms with van der Waals surface area (Å²) in [7, 11) is 0. The van der Waals surface area contributed by atoms with Gasteiger partial charge in [0.2, 0.25) is 0 Å². The maximum Gasteiger partial charge on any atom is 0.356 e. The maximum atomic E-state index is 13.7. The normalized spacial score (nSPS) is 20.4. The number of imide groups is 1. The molecule has 0 saturated carbocycles. The highest BCUT2D eigenvalue weighted by Crippen LogP contribution is 2.45. The highest BCUT2D eigenvalue weighted by molar-refractivity contribution is 9.09. The quantitative estimate of drug-likeness (QED) is 0.182. The molecular formula is C29H21BrN2O5S. The van der Waals surface area contributed by atoms with E-state index >= 15 is 0 Å².